The molecule has 0 spiro atoms. The normalized spacial score (nSPS) is 14.7. The first-order valence-corrected chi connectivity index (χ1v) is 11.8. The molecule has 3 aromatic rings. The highest BCUT2D eigenvalue weighted by Gasteiger charge is 2.43. The van der Waals surface area contributed by atoms with Gasteiger partial charge in [-0.15, -0.1) is 0 Å². The summed E-state index contributed by atoms with van der Waals surface area (Å²) in [5.41, 5.74) is 8.02. The molecular formula is C27H29N5O5. The zero-order valence-electron chi connectivity index (χ0n) is 20.4. The van der Waals surface area contributed by atoms with E-state index in [1.54, 1.807) is 61.7 Å². The Morgan fingerprint density at radius 2 is 1.59 bits per heavy atom. The molecule has 0 aliphatic carbocycles. The number of amides is 4. The van der Waals surface area contributed by atoms with Crippen LogP contribution in [0.15, 0.2) is 78.9 Å². The molecule has 192 valence electrons. The quantitative estimate of drug-likeness (QED) is 0.455. The first-order chi connectivity index (χ1) is 18.0. The van der Waals surface area contributed by atoms with E-state index in [0.29, 0.717) is 23.7 Å². The maximum Gasteiger partial charge on any atom is 0.417 e. The molecule has 1 unspecified atom stereocenters. The van der Waals surface area contributed by atoms with Gasteiger partial charge in [0.2, 0.25) is 0 Å². The number of nitrogens with two attached hydrogens (primary N) is 1. The van der Waals surface area contributed by atoms with Crippen LogP contribution in [0.25, 0.3) is 0 Å². The number of ether oxygens (including phenoxy) is 2. The average Bonchev–Trinajstić information content (AvgIpc) is 3.39. The van der Waals surface area contributed by atoms with E-state index in [2.05, 4.69) is 10.6 Å². The molecule has 0 bridgehead atoms. The topological polar surface area (TPSA) is 126 Å². The Morgan fingerprint density at radius 1 is 0.892 bits per heavy atom. The van der Waals surface area contributed by atoms with Crippen LogP contribution in [0.1, 0.15) is 11.1 Å². The fourth-order valence-electron chi connectivity index (χ4n) is 3.98. The van der Waals surface area contributed by atoms with E-state index in [1.807, 2.05) is 24.3 Å². The highest BCUT2D eigenvalue weighted by atomic mass is 16.6. The number of carbonyl (C=O) groups is 3. The molecule has 37 heavy (non-hydrogen) atoms. The summed E-state index contributed by atoms with van der Waals surface area (Å²) in [6, 6.07) is 22.3. The number of anilines is 1. The van der Waals surface area contributed by atoms with E-state index in [-0.39, 0.29) is 19.6 Å². The van der Waals surface area contributed by atoms with Crippen molar-refractivity contribution in [1.82, 2.24) is 15.1 Å². The lowest BCUT2D eigenvalue weighted by Gasteiger charge is -2.28. The maximum atomic E-state index is 13.4. The molecule has 3 aromatic carbocycles. The van der Waals surface area contributed by atoms with E-state index in [9.17, 15) is 14.4 Å². The van der Waals surface area contributed by atoms with Gasteiger partial charge in [-0.25, -0.2) is 9.59 Å². The molecule has 1 aliphatic heterocycles. The Morgan fingerprint density at radius 3 is 2.30 bits per heavy atom. The summed E-state index contributed by atoms with van der Waals surface area (Å²) >= 11 is 0. The van der Waals surface area contributed by atoms with Gasteiger partial charge in [0.1, 0.15) is 11.5 Å². The molecule has 0 radical (unpaired) electrons. The lowest BCUT2D eigenvalue weighted by Crippen LogP contribution is -2.55. The van der Waals surface area contributed by atoms with Crippen molar-refractivity contribution < 1.29 is 23.9 Å². The average molecular weight is 504 g/mol. The summed E-state index contributed by atoms with van der Waals surface area (Å²) in [6.45, 7) is 0.858. The monoisotopic (exact) mass is 503 g/mol. The highest BCUT2D eigenvalue weighted by Crippen LogP contribution is 2.21. The third kappa shape index (κ3) is 6.36. The number of urea groups is 1. The number of hydrogen-bond donors (Lipinski definition) is 3. The summed E-state index contributed by atoms with van der Waals surface area (Å²) in [4.78, 5) is 42.1. The Bertz CT molecular complexity index is 1240. The summed E-state index contributed by atoms with van der Waals surface area (Å²) < 4.78 is 10.6. The number of nitrogens with one attached hydrogen (secondary N) is 2. The van der Waals surface area contributed by atoms with Crippen LogP contribution in [0.2, 0.25) is 0 Å². The van der Waals surface area contributed by atoms with Crippen molar-refractivity contribution in [2.75, 3.05) is 25.5 Å². The Balaban J connectivity index is 1.51. The second kappa shape index (κ2) is 11.9. The fraction of sp³-hybridized carbons (Fsp3) is 0.222. The number of nitrogens with zero attached hydrogens (tertiary/aromatic N) is 2. The Hall–Kier alpha value is -4.57. The van der Waals surface area contributed by atoms with E-state index in [4.69, 9.17) is 15.2 Å². The smallest absolute Gasteiger partial charge is 0.417 e. The first kappa shape index (κ1) is 25.5. The largest absolute Gasteiger partial charge is 0.497 e. The summed E-state index contributed by atoms with van der Waals surface area (Å²) in [7, 11) is 1.55. The molecule has 10 nitrogen and oxygen atoms in total. The Kier molecular flexibility index (Phi) is 8.22. The number of methoxy groups -OCH3 is 1. The van der Waals surface area contributed by atoms with Crippen LogP contribution in [0.5, 0.6) is 11.5 Å². The molecular weight excluding hydrogens is 474 g/mol. The summed E-state index contributed by atoms with van der Waals surface area (Å²) in [5.74, 6) is 0.474. The van der Waals surface area contributed by atoms with Crippen LogP contribution < -0.4 is 25.8 Å². The van der Waals surface area contributed by atoms with Crippen molar-refractivity contribution >= 4 is 23.7 Å². The fourth-order valence-corrected chi connectivity index (χ4v) is 3.98. The van der Waals surface area contributed by atoms with E-state index in [0.717, 1.165) is 11.1 Å². The standard InChI is InChI=1S/C27H29N5O5/c1-36-22-12-10-21(11-13-22)30-26(34)31-14-15-32(27(35)37-23-8-3-2-4-9-23)25(31)24(33)29-18-20-7-5-6-19(16-20)17-28/h2-13,16,25H,14-15,17-18,28H2,1H3,(H,29,33)(H,30,34). The van der Waals surface area contributed by atoms with Gasteiger partial charge in [-0.05, 0) is 47.5 Å². The van der Waals surface area contributed by atoms with Gasteiger partial charge in [0, 0.05) is 31.9 Å². The van der Waals surface area contributed by atoms with E-state index >= 15 is 0 Å². The van der Waals surface area contributed by atoms with Crippen molar-refractivity contribution in [2.45, 2.75) is 19.3 Å². The minimum atomic E-state index is -1.20. The van der Waals surface area contributed by atoms with Gasteiger partial charge in [0.15, 0.2) is 6.17 Å². The van der Waals surface area contributed by atoms with Crippen LogP contribution in [-0.4, -0.2) is 54.2 Å². The summed E-state index contributed by atoms with van der Waals surface area (Å²) in [5, 5.41) is 5.61. The highest BCUT2D eigenvalue weighted by molar-refractivity contribution is 5.95. The van der Waals surface area contributed by atoms with Crippen LogP contribution in [0, 0.1) is 0 Å². The molecule has 1 atom stereocenters. The van der Waals surface area contributed by atoms with Crippen LogP contribution in [0.3, 0.4) is 0 Å². The number of hydrogen-bond acceptors (Lipinski definition) is 6. The van der Waals surface area contributed by atoms with Crippen molar-refractivity contribution in [2.24, 2.45) is 5.73 Å². The molecule has 10 heteroatoms. The van der Waals surface area contributed by atoms with Gasteiger partial charge < -0.3 is 25.8 Å². The first-order valence-electron chi connectivity index (χ1n) is 11.8. The van der Waals surface area contributed by atoms with Crippen molar-refractivity contribution in [3.63, 3.8) is 0 Å². The minimum absolute atomic E-state index is 0.127. The zero-order valence-corrected chi connectivity index (χ0v) is 20.4. The predicted octanol–water partition coefficient (Wildman–Crippen LogP) is 3.14. The molecule has 1 aliphatic rings. The molecule has 4 amide bonds. The van der Waals surface area contributed by atoms with Gasteiger partial charge >= 0.3 is 12.1 Å². The molecule has 1 heterocycles. The van der Waals surface area contributed by atoms with Gasteiger partial charge in [0.05, 0.1) is 7.11 Å². The Labute approximate surface area is 214 Å². The maximum absolute atomic E-state index is 13.4. The predicted molar refractivity (Wildman–Crippen MR) is 138 cm³/mol. The third-order valence-corrected chi connectivity index (χ3v) is 5.89. The molecule has 4 N–H and O–H groups in total. The van der Waals surface area contributed by atoms with Gasteiger partial charge in [0.25, 0.3) is 5.91 Å². The number of rotatable bonds is 7. The molecule has 1 fully saturated rings. The third-order valence-electron chi connectivity index (χ3n) is 5.89. The number of carbonyl (C=O) groups excluding carboxylic acids is 3. The summed E-state index contributed by atoms with van der Waals surface area (Å²) in [6.07, 6.45) is -1.93. The minimum Gasteiger partial charge on any atom is -0.497 e. The van der Waals surface area contributed by atoms with Crippen LogP contribution in [0.4, 0.5) is 15.3 Å². The molecule has 0 aromatic heterocycles. The van der Waals surface area contributed by atoms with E-state index < -0.39 is 24.2 Å². The lowest BCUT2D eigenvalue weighted by molar-refractivity contribution is -0.128. The lowest BCUT2D eigenvalue weighted by atomic mass is 10.1. The van der Waals surface area contributed by atoms with Crippen molar-refractivity contribution in [3.05, 3.63) is 90.0 Å². The number of para-hydroxylation sites is 1. The second-order valence-corrected chi connectivity index (χ2v) is 8.34. The van der Waals surface area contributed by atoms with Crippen molar-refractivity contribution in [1.29, 1.82) is 0 Å². The van der Waals surface area contributed by atoms with Gasteiger partial charge in [-0.2, -0.15) is 0 Å². The van der Waals surface area contributed by atoms with Crippen LogP contribution >= 0.6 is 0 Å². The molecule has 0 saturated carbocycles. The van der Waals surface area contributed by atoms with E-state index in [1.165, 1.54) is 9.80 Å². The number of benzene rings is 3. The van der Waals surface area contributed by atoms with Crippen LogP contribution in [-0.2, 0) is 17.9 Å². The molecule has 1 saturated heterocycles. The van der Waals surface area contributed by atoms with Gasteiger partial charge in [-0.3, -0.25) is 14.6 Å². The van der Waals surface area contributed by atoms with Crippen molar-refractivity contribution in [3.8, 4) is 11.5 Å². The molecule has 4 rings (SSSR count). The second-order valence-electron chi connectivity index (χ2n) is 8.34. The zero-order chi connectivity index (χ0) is 26.2. The SMILES string of the molecule is COc1ccc(NC(=O)N2CCN(C(=O)Oc3ccccc3)C2C(=O)NCc2cccc(CN)c2)cc1. The van der Waals surface area contributed by atoms with Gasteiger partial charge in [-0.1, -0.05) is 42.5 Å².